The molecule has 2 aromatic rings. The molecule has 110 valence electrons. The van der Waals surface area contributed by atoms with Gasteiger partial charge in [0.05, 0.1) is 17.6 Å². The van der Waals surface area contributed by atoms with E-state index in [1.54, 1.807) is 37.5 Å². The Morgan fingerprint density at radius 2 is 1.81 bits per heavy atom. The van der Waals surface area contributed by atoms with Crippen molar-refractivity contribution in [3.8, 4) is 0 Å². The standard InChI is InChI=1S/C16H18N2O3/c1-4-21-16(20)14(10(2)3)15(19)11-5-6-12-13(9-11)18-8-7-17-12/h5-10,14H,4H2,1-3H3. The van der Waals surface area contributed by atoms with Crippen LogP contribution in [0.4, 0.5) is 0 Å². The highest BCUT2D eigenvalue weighted by Crippen LogP contribution is 2.21. The molecule has 1 atom stereocenters. The van der Waals surface area contributed by atoms with Crippen LogP contribution in [0, 0.1) is 11.8 Å². The Kier molecular flexibility index (Phi) is 4.62. The predicted octanol–water partition coefficient (Wildman–Crippen LogP) is 2.65. The van der Waals surface area contributed by atoms with Gasteiger partial charge in [-0.15, -0.1) is 0 Å². The van der Waals surface area contributed by atoms with Crippen LogP contribution < -0.4 is 0 Å². The van der Waals surface area contributed by atoms with E-state index in [2.05, 4.69) is 9.97 Å². The molecule has 21 heavy (non-hydrogen) atoms. The lowest BCUT2D eigenvalue weighted by Gasteiger charge is -2.18. The van der Waals surface area contributed by atoms with E-state index in [4.69, 9.17) is 4.74 Å². The van der Waals surface area contributed by atoms with Crippen LogP contribution in [0.25, 0.3) is 11.0 Å². The molecular formula is C16H18N2O3. The lowest BCUT2D eigenvalue weighted by Crippen LogP contribution is -2.30. The van der Waals surface area contributed by atoms with Crippen molar-refractivity contribution < 1.29 is 14.3 Å². The van der Waals surface area contributed by atoms with Crippen LogP contribution in [0.3, 0.4) is 0 Å². The molecule has 0 saturated carbocycles. The van der Waals surface area contributed by atoms with Crippen molar-refractivity contribution in [2.45, 2.75) is 20.8 Å². The molecule has 1 aromatic heterocycles. The van der Waals surface area contributed by atoms with E-state index in [1.165, 1.54) is 0 Å². The third kappa shape index (κ3) is 3.24. The number of benzene rings is 1. The summed E-state index contributed by atoms with van der Waals surface area (Å²) in [6.45, 7) is 5.66. The number of Topliss-reactive ketones (excluding diaryl/α,β-unsaturated/α-hetero) is 1. The Hall–Kier alpha value is -2.30. The number of ketones is 1. The van der Waals surface area contributed by atoms with Gasteiger partial charge in [0.2, 0.25) is 0 Å². The minimum absolute atomic E-state index is 0.130. The van der Waals surface area contributed by atoms with E-state index in [-0.39, 0.29) is 18.3 Å². The van der Waals surface area contributed by atoms with Crippen LogP contribution >= 0.6 is 0 Å². The van der Waals surface area contributed by atoms with Gasteiger partial charge in [0, 0.05) is 18.0 Å². The van der Waals surface area contributed by atoms with Crippen LogP contribution in [-0.4, -0.2) is 28.3 Å². The predicted molar refractivity (Wildman–Crippen MR) is 78.8 cm³/mol. The number of ether oxygens (including phenoxy) is 1. The summed E-state index contributed by atoms with van der Waals surface area (Å²) in [7, 11) is 0. The second-order valence-electron chi connectivity index (χ2n) is 5.10. The van der Waals surface area contributed by atoms with Crippen molar-refractivity contribution >= 4 is 22.8 Å². The molecule has 0 fully saturated rings. The monoisotopic (exact) mass is 286 g/mol. The minimum atomic E-state index is -0.793. The number of aromatic nitrogens is 2. The molecular weight excluding hydrogens is 268 g/mol. The number of carbonyl (C=O) groups excluding carboxylic acids is 2. The van der Waals surface area contributed by atoms with E-state index in [9.17, 15) is 9.59 Å². The van der Waals surface area contributed by atoms with Crippen molar-refractivity contribution in [2.24, 2.45) is 11.8 Å². The van der Waals surface area contributed by atoms with Gasteiger partial charge in [0.25, 0.3) is 0 Å². The number of esters is 1. The van der Waals surface area contributed by atoms with Gasteiger partial charge in [0.1, 0.15) is 5.92 Å². The molecule has 0 aliphatic rings. The van der Waals surface area contributed by atoms with Crippen LogP contribution in [0.15, 0.2) is 30.6 Å². The molecule has 0 saturated heterocycles. The van der Waals surface area contributed by atoms with E-state index in [1.807, 2.05) is 13.8 Å². The average Bonchev–Trinajstić information content (AvgIpc) is 2.46. The molecule has 1 unspecified atom stereocenters. The Labute approximate surface area is 123 Å². The fraction of sp³-hybridized carbons (Fsp3) is 0.375. The molecule has 2 rings (SSSR count). The third-order valence-corrected chi connectivity index (χ3v) is 3.24. The van der Waals surface area contributed by atoms with Gasteiger partial charge in [-0.1, -0.05) is 13.8 Å². The summed E-state index contributed by atoms with van der Waals surface area (Å²) in [5.41, 5.74) is 1.80. The maximum Gasteiger partial charge on any atom is 0.317 e. The molecule has 0 aliphatic heterocycles. The highest BCUT2D eigenvalue weighted by atomic mass is 16.5. The Morgan fingerprint density at radius 3 is 2.43 bits per heavy atom. The first-order valence-electron chi connectivity index (χ1n) is 6.96. The zero-order valence-electron chi connectivity index (χ0n) is 12.4. The van der Waals surface area contributed by atoms with Gasteiger partial charge in [-0.05, 0) is 31.0 Å². The smallest absolute Gasteiger partial charge is 0.317 e. The second-order valence-corrected chi connectivity index (χ2v) is 5.10. The highest BCUT2D eigenvalue weighted by Gasteiger charge is 2.32. The molecule has 0 bridgehead atoms. The summed E-state index contributed by atoms with van der Waals surface area (Å²) in [5.74, 6) is -1.64. The maximum atomic E-state index is 12.6. The van der Waals surface area contributed by atoms with Gasteiger partial charge in [-0.2, -0.15) is 0 Å². The molecule has 0 N–H and O–H groups in total. The number of fused-ring (bicyclic) bond motifs is 1. The van der Waals surface area contributed by atoms with Gasteiger partial charge >= 0.3 is 5.97 Å². The minimum Gasteiger partial charge on any atom is -0.465 e. The van der Waals surface area contributed by atoms with E-state index >= 15 is 0 Å². The van der Waals surface area contributed by atoms with E-state index in [0.717, 1.165) is 0 Å². The average molecular weight is 286 g/mol. The molecule has 0 radical (unpaired) electrons. The number of hydrogen-bond acceptors (Lipinski definition) is 5. The number of hydrogen-bond donors (Lipinski definition) is 0. The first kappa shape index (κ1) is 15.1. The fourth-order valence-corrected chi connectivity index (χ4v) is 2.21. The molecule has 1 heterocycles. The van der Waals surface area contributed by atoms with Crippen molar-refractivity contribution in [2.75, 3.05) is 6.61 Å². The highest BCUT2D eigenvalue weighted by molar-refractivity contribution is 6.09. The van der Waals surface area contributed by atoms with Crippen LogP contribution in [-0.2, 0) is 9.53 Å². The number of nitrogens with zero attached hydrogens (tertiary/aromatic N) is 2. The molecule has 0 aliphatic carbocycles. The van der Waals surface area contributed by atoms with E-state index in [0.29, 0.717) is 16.6 Å². The molecule has 1 aromatic carbocycles. The Balaban J connectivity index is 2.36. The zero-order valence-corrected chi connectivity index (χ0v) is 12.4. The lowest BCUT2D eigenvalue weighted by molar-refractivity contribution is -0.147. The van der Waals surface area contributed by atoms with Crippen molar-refractivity contribution in [1.29, 1.82) is 0 Å². The third-order valence-electron chi connectivity index (χ3n) is 3.24. The van der Waals surface area contributed by atoms with Crippen LogP contribution in [0.1, 0.15) is 31.1 Å². The summed E-state index contributed by atoms with van der Waals surface area (Å²) in [6, 6.07) is 5.07. The number of rotatable bonds is 5. The SMILES string of the molecule is CCOC(=O)C(C(=O)c1ccc2nccnc2c1)C(C)C. The van der Waals surface area contributed by atoms with Gasteiger partial charge in [-0.25, -0.2) is 0 Å². The maximum absolute atomic E-state index is 12.6. The van der Waals surface area contributed by atoms with Crippen LogP contribution in [0.5, 0.6) is 0 Å². The largest absolute Gasteiger partial charge is 0.465 e. The van der Waals surface area contributed by atoms with Crippen LogP contribution in [0.2, 0.25) is 0 Å². The first-order chi connectivity index (χ1) is 10.0. The molecule has 0 spiro atoms. The molecule has 5 heteroatoms. The molecule has 5 nitrogen and oxygen atoms in total. The topological polar surface area (TPSA) is 69.2 Å². The van der Waals surface area contributed by atoms with Crippen molar-refractivity contribution in [1.82, 2.24) is 9.97 Å². The summed E-state index contributed by atoms with van der Waals surface area (Å²) < 4.78 is 5.01. The van der Waals surface area contributed by atoms with Gasteiger partial charge < -0.3 is 4.74 Å². The zero-order chi connectivity index (χ0) is 15.4. The Bertz CT molecular complexity index is 667. The fourth-order valence-electron chi connectivity index (χ4n) is 2.21. The molecule has 0 amide bonds. The summed E-state index contributed by atoms with van der Waals surface area (Å²) in [4.78, 5) is 32.9. The number of carbonyl (C=O) groups is 2. The lowest BCUT2D eigenvalue weighted by atomic mass is 9.88. The van der Waals surface area contributed by atoms with Crippen molar-refractivity contribution in [3.05, 3.63) is 36.2 Å². The Morgan fingerprint density at radius 1 is 1.14 bits per heavy atom. The van der Waals surface area contributed by atoms with Gasteiger partial charge in [0.15, 0.2) is 5.78 Å². The van der Waals surface area contributed by atoms with Gasteiger partial charge in [-0.3, -0.25) is 19.6 Å². The van der Waals surface area contributed by atoms with E-state index < -0.39 is 11.9 Å². The summed E-state index contributed by atoms with van der Waals surface area (Å²) in [5, 5.41) is 0. The van der Waals surface area contributed by atoms with Crippen molar-refractivity contribution in [3.63, 3.8) is 0 Å². The normalized spacial score (nSPS) is 12.4. The summed E-state index contributed by atoms with van der Waals surface area (Å²) >= 11 is 0. The first-order valence-corrected chi connectivity index (χ1v) is 6.96. The second kappa shape index (κ2) is 6.43. The quantitative estimate of drug-likeness (QED) is 0.480. The summed E-state index contributed by atoms with van der Waals surface area (Å²) in [6.07, 6.45) is 3.17.